The van der Waals surface area contributed by atoms with Crippen molar-refractivity contribution in [2.24, 2.45) is 0 Å². The summed E-state index contributed by atoms with van der Waals surface area (Å²) in [5.74, 6) is -0.540. The van der Waals surface area contributed by atoms with Crippen molar-refractivity contribution in [2.45, 2.75) is 26.4 Å². The average Bonchev–Trinajstić information content (AvgIpc) is 1.87. The Hall–Kier alpha value is -1.12. The van der Waals surface area contributed by atoms with Crippen molar-refractivity contribution in [1.29, 1.82) is 0 Å². The smallest absolute Gasteiger partial charge is 0.334 e. The van der Waals surface area contributed by atoms with Gasteiger partial charge in [-0.1, -0.05) is 6.58 Å². The third-order valence-electron chi connectivity index (χ3n) is 0.988. The summed E-state index contributed by atoms with van der Waals surface area (Å²) >= 11 is 0. The quantitative estimate of drug-likeness (QED) is 0.349. The molecule has 11 heavy (non-hydrogen) atoms. The first kappa shape index (κ1) is 9.88. The van der Waals surface area contributed by atoms with Gasteiger partial charge in [-0.25, -0.2) is 4.79 Å². The minimum absolute atomic E-state index is 0.292. The molecule has 0 fully saturated rings. The van der Waals surface area contributed by atoms with Crippen LogP contribution in [0.4, 0.5) is 0 Å². The summed E-state index contributed by atoms with van der Waals surface area (Å²) in [5.41, 5.74) is -0.754. The van der Waals surface area contributed by atoms with Crippen LogP contribution in [0.15, 0.2) is 12.2 Å². The van der Waals surface area contributed by atoms with Gasteiger partial charge in [0.25, 0.3) is 0 Å². The molecular weight excluding hydrogens is 144 g/mol. The molecule has 0 saturated heterocycles. The zero-order valence-corrected chi connectivity index (χ0v) is 7.01. The minimum Gasteiger partial charge on any atom is -0.449 e. The first-order valence-corrected chi connectivity index (χ1v) is 3.24. The van der Waals surface area contributed by atoms with Crippen LogP contribution in [0.25, 0.3) is 0 Å². The molecule has 0 aliphatic carbocycles. The lowest BCUT2D eigenvalue weighted by Crippen LogP contribution is -2.29. The number of hydrogen-bond donors (Lipinski definition) is 0. The van der Waals surface area contributed by atoms with Gasteiger partial charge in [-0.2, -0.15) is 0 Å². The van der Waals surface area contributed by atoms with Crippen LogP contribution in [0.1, 0.15) is 20.8 Å². The van der Waals surface area contributed by atoms with E-state index in [0.29, 0.717) is 11.9 Å². The topological polar surface area (TPSA) is 43.4 Å². The molecule has 0 aliphatic rings. The molecule has 62 valence electrons. The summed E-state index contributed by atoms with van der Waals surface area (Å²) in [7, 11) is 0. The number of rotatable bonds is 3. The predicted octanol–water partition coefficient (Wildman–Crippen LogP) is 1.08. The molecule has 0 N–H and O–H groups in total. The first-order chi connectivity index (χ1) is 4.89. The molecule has 0 amide bonds. The second-order valence-electron chi connectivity index (χ2n) is 2.89. The van der Waals surface area contributed by atoms with Crippen LogP contribution < -0.4 is 0 Å². The largest absolute Gasteiger partial charge is 0.449 e. The van der Waals surface area contributed by atoms with Crippen molar-refractivity contribution < 1.29 is 14.3 Å². The Morgan fingerprint density at radius 2 is 2.00 bits per heavy atom. The molecule has 3 heteroatoms. The summed E-state index contributed by atoms with van der Waals surface area (Å²) < 4.78 is 4.74. The molecule has 0 aliphatic heterocycles. The summed E-state index contributed by atoms with van der Waals surface area (Å²) in [4.78, 5) is 21.1. The SMILES string of the molecule is C=C(C)C(=O)OC(C)(C)C=O. The molecule has 0 aromatic rings. The highest BCUT2D eigenvalue weighted by molar-refractivity contribution is 5.88. The lowest BCUT2D eigenvalue weighted by molar-refractivity contribution is -0.155. The molecule has 0 aromatic heterocycles. The molecule has 3 nitrogen and oxygen atoms in total. The zero-order valence-electron chi connectivity index (χ0n) is 7.01. The van der Waals surface area contributed by atoms with E-state index >= 15 is 0 Å². The summed E-state index contributed by atoms with van der Waals surface area (Å²) in [6, 6.07) is 0. The Morgan fingerprint density at radius 1 is 1.55 bits per heavy atom. The van der Waals surface area contributed by atoms with Crippen molar-refractivity contribution in [1.82, 2.24) is 0 Å². The first-order valence-electron chi connectivity index (χ1n) is 3.24. The van der Waals surface area contributed by atoms with Crippen LogP contribution in [0, 0.1) is 0 Å². The van der Waals surface area contributed by atoms with E-state index in [4.69, 9.17) is 4.74 Å². The zero-order chi connectivity index (χ0) is 9.07. The Kier molecular flexibility index (Phi) is 2.99. The fourth-order valence-electron chi connectivity index (χ4n) is 0.350. The van der Waals surface area contributed by atoms with Crippen molar-refractivity contribution in [3.8, 4) is 0 Å². The van der Waals surface area contributed by atoms with Crippen LogP contribution >= 0.6 is 0 Å². The van der Waals surface area contributed by atoms with Crippen LogP contribution in [-0.2, 0) is 14.3 Å². The second kappa shape index (κ2) is 3.32. The standard InChI is InChI=1S/C8H12O3/c1-6(2)7(10)11-8(3,4)5-9/h5H,1H2,2-4H3. The van der Waals surface area contributed by atoms with E-state index < -0.39 is 11.6 Å². The van der Waals surface area contributed by atoms with Crippen molar-refractivity contribution in [2.75, 3.05) is 0 Å². The molecule has 0 unspecified atom stereocenters. The van der Waals surface area contributed by atoms with E-state index in [1.54, 1.807) is 0 Å². The third-order valence-corrected chi connectivity index (χ3v) is 0.988. The van der Waals surface area contributed by atoms with Crippen LogP contribution in [0.2, 0.25) is 0 Å². The molecular formula is C8H12O3. The molecule has 0 spiro atoms. The molecule has 0 atom stereocenters. The van der Waals surface area contributed by atoms with Gasteiger partial charge >= 0.3 is 5.97 Å². The van der Waals surface area contributed by atoms with Crippen molar-refractivity contribution in [3.63, 3.8) is 0 Å². The minimum atomic E-state index is -1.05. The lowest BCUT2D eigenvalue weighted by Gasteiger charge is -2.17. The number of carbonyl (C=O) groups is 2. The molecule has 0 rings (SSSR count). The molecule has 0 aromatic carbocycles. The number of ether oxygens (including phenoxy) is 1. The summed E-state index contributed by atoms with van der Waals surface area (Å²) in [6.45, 7) is 7.94. The Morgan fingerprint density at radius 3 is 2.27 bits per heavy atom. The number of aldehydes is 1. The highest BCUT2D eigenvalue weighted by Gasteiger charge is 2.21. The van der Waals surface area contributed by atoms with Gasteiger partial charge in [-0.05, 0) is 20.8 Å². The number of carbonyl (C=O) groups excluding carboxylic acids is 2. The van der Waals surface area contributed by atoms with E-state index in [9.17, 15) is 9.59 Å². The van der Waals surface area contributed by atoms with Gasteiger partial charge in [0.2, 0.25) is 0 Å². The number of esters is 1. The third kappa shape index (κ3) is 3.55. The molecule has 0 bridgehead atoms. The van der Waals surface area contributed by atoms with Crippen LogP contribution in [0.3, 0.4) is 0 Å². The van der Waals surface area contributed by atoms with E-state index in [1.165, 1.54) is 20.8 Å². The van der Waals surface area contributed by atoms with Crippen molar-refractivity contribution >= 4 is 12.3 Å². The molecule has 0 heterocycles. The van der Waals surface area contributed by atoms with Gasteiger partial charge in [-0.15, -0.1) is 0 Å². The Labute approximate surface area is 66.0 Å². The van der Waals surface area contributed by atoms with Gasteiger partial charge in [0.1, 0.15) is 0 Å². The average molecular weight is 156 g/mol. The van der Waals surface area contributed by atoms with Gasteiger partial charge in [0.05, 0.1) is 0 Å². The van der Waals surface area contributed by atoms with E-state index in [-0.39, 0.29) is 0 Å². The summed E-state index contributed by atoms with van der Waals surface area (Å²) in [6.07, 6.45) is 0.577. The highest BCUT2D eigenvalue weighted by atomic mass is 16.6. The van der Waals surface area contributed by atoms with Gasteiger partial charge in [0, 0.05) is 5.57 Å². The Balaban J connectivity index is 4.15. The van der Waals surface area contributed by atoms with Crippen molar-refractivity contribution in [3.05, 3.63) is 12.2 Å². The maximum absolute atomic E-state index is 10.8. The monoisotopic (exact) mass is 156 g/mol. The summed E-state index contributed by atoms with van der Waals surface area (Å²) in [5, 5.41) is 0. The Bertz CT molecular complexity index is 192. The normalized spacial score (nSPS) is 10.5. The maximum atomic E-state index is 10.8. The van der Waals surface area contributed by atoms with Crippen LogP contribution in [0.5, 0.6) is 0 Å². The fourth-order valence-corrected chi connectivity index (χ4v) is 0.350. The number of hydrogen-bond acceptors (Lipinski definition) is 3. The van der Waals surface area contributed by atoms with Gasteiger partial charge in [-0.3, -0.25) is 4.79 Å². The molecule has 0 radical (unpaired) electrons. The molecule has 0 saturated carbocycles. The highest BCUT2D eigenvalue weighted by Crippen LogP contribution is 2.07. The predicted molar refractivity (Wildman–Crippen MR) is 41.0 cm³/mol. The van der Waals surface area contributed by atoms with E-state index in [2.05, 4.69) is 6.58 Å². The maximum Gasteiger partial charge on any atom is 0.334 e. The van der Waals surface area contributed by atoms with E-state index in [1.807, 2.05) is 0 Å². The second-order valence-corrected chi connectivity index (χ2v) is 2.89. The van der Waals surface area contributed by atoms with Gasteiger partial charge in [0.15, 0.2) is 11.9 Å². The lowest BCUT2D eigenvalue weighted by atomic mass is 10.2. The van der Waals surface area contributed by atoms with Crippen LogP contribution in [-0.4, -0.2) is 17.9 Å². The fraction of sp³-hybridized carbons (Fsp3) is 0.500. The van der Waals surface area contributed by atoms with Gasteiger partial charge < -0.3 is 4.74 Å². The van der Waals surface area contributed by atoms with E-state index in [0.717, 1.165) is 0 Å².